The van der Waals surface area contributed by atoms with E-state index in [-0.39, 0.29) is 6.42 Å². The molecule has 0 spiro atoms. The molecule has 4 rings (SSSR count). The largest absolute Gasteiger partial charge is 0.493 e. The average molecular weight is 448 g/mol. The Labute approximate surface area is 190 Å². The zero-order valence-corrected chi connectivity index (χ0v) is 18.9. The second-order valence-electron chi connectivity index (χ2n) is 7.44. The first-order valence-electron chi connectivity index (χ1n) is 10.6. The smallest absolute Gasteiger partial charge is 0.308 e. The third kappa shape index (κ3) is 4.89. The minimum absolute atomic E-state index is 0.0682. The van der Waals surface area contributed by atoms with Gasteiger partial charge in [-0.2, -0.15) is 0 Å². The molecule has 0 atom stereocenters. The molecule has 0 aliphatic heterocycles. The fourth-order valence-electron chi connectivity index (χ4n) is 3.73. The molecule has 2 aromatic heterocycles. The lowest BCUT2D eigenvalue weighted by atomic mass is 9.98. The molecule has 6 nitrogen and oxygen atoms in total. The number of fused-ring (bicyclic) bond motifs is 1. The molecule has 0 aliphatic carbocycles. The van der Waals surface area contributed by atoms with E-state index in [4.69, 9.17) is 9.84 Å². The minimum Gasteiger partial charge on any atom is -0.493 e. The minimum atomic E-state index is -0.881. The molecule has 4 aromatic rings. The third-order valence-electron chi connectivity index (χ3n) is 5.31. The fourth-order valence-corrected chi connectivity index (χ4v) is 4.80. The molecule has 0 aliphatic rings. The van der Waals surface area contributed by atoms with Crippen molar-refractivity contribution in [2.45, 2.75) is 26.7 Å². The van der Waals surface area contributed by atoms with Gasteiger partial charge in [-0.25, -0.2) is 9.97 Å². The van der Waals surface area contributed by atoms with Crippen molar-refractivity contribution < 1.29 is 14.6 Å². The molecule has 0 amide bonds. The summed E-state index contributed by atoms with van der Waals surface area (Å²) in [5.41, 5.74) is 3.36. The van der Waals surface area contributed by atoms with Gasteiger partial charge in [0.25, 0.3) is 0 Å². The Kier molecular flexibility index (Phi) is 6.66. The lowest BCUT2D eigenvalue weighted by molar-refractivity contribution is -0.136. The van der Waals surface area contributed by atoms with Gasteiger partial charge in [0, 0.05) is 18.7 Å². The number of rotatable bonds is 9. The standard InChI is InChI=1S/C25H25N3O3S/c1-3-31-21-13-22(32-23(21)14-25(29)30)20-12-24(28-15-27-20)26-11-10-17-8-9-18-6-4-5-7-19(18)16(17)2/h4-9,12-13,15H,3,10-11,14H2,1-2H3,(H,29,30)(H,26,27,28). The summed E-state index contributed by atoms with van der Waals surface area (Å²) in [6, 6.07) is 16.5. The number of ether oxygens (including phenoxy) is 1. The van der Waals surface area contributed by atoms with Crippen LogP contribution in [0.15, 0.2) is 54.9 Å². The third-order valence-corrected chi connectivity index (χ3v) is 6.45. The van der Waals surface area contributed by atoms with Gasteiger partial charge >= 0.3 is 5.97 Å². The molecule has 164 valence electrons. The molecular formula is C25H25N3O3S. The number of carbonyl (C=O) groups is 1. The van der Waals surface area contributed by atoms with E-state index in [2.05, 4.69) is 58.6 Å². The average Bonchev–Trinajstić information content (AvgIpc) is 3.18. The number of hydrogen-bond acceptors (Lipinski definition) is 6. The molecule has 0 saturated carbocycles. The number of carboxylic acid groups (broad SMARTS) is 1. The highest BCUT2D eigenvalue weighted by molar-refractivity contribution is 7.15. The number of thiophene rings is 1. The topological polar surface area (TPSA) is 84.3 Å². The van der Waals surface area contributed by atoms with E-state index in [0.717, 1.165) is 29.4 Å². The van der Waals surface area contributed by atoms with Crippen LogP contribution in [0.25, 0.3) is 21.3 Å². The Hall–Kier alpha value is -3.45. The van der Waals surface area contributed by atoms with Crippen molar-refractivity contribution in [1.82, 2.24) is 9.97 Å². The summed E-state index contributed by atoms with van der Waals surface area (Å²) >= 11 is 1.39. The number of carboxylic acids is 1. The summed E-state index contributed by atoms with van der Waals surface area (Å²) in [6.07, 6.45) is 2.34. The van der Waals surface area contributed by atoms with Gasteiger partial charge in [-0.05, 0) is 42.2 Å². The van der Waals surface area contributed by atoms with E-state index in [1.54, 1.807) is 0 Å². The van der Waals surface area contributed by atoms with Crippen LogP contribution in [0.4, 0.5) is 5.82 Å². The second kappa shape index (κ2) is 9.78. The normalized spacial score (nSPS) is 10.9. The van der Waals surface area contributed by atoms with Crippen molar-refractivity contribution >= 4 is 33.9 Å². The number of anilines is 1. The summed E-state index contributed by atoms with van der Waals surface area (Å²) in [4.78, 5) is 21.4. The molecule has 2 N–H and O–H groups in total. The lowest BCUT2D eigenvalue weighted by Crippen LogP contribution is -2.07. The SMILES string of the molecule is CCOc1cc(-c2cc(NCCc3ccc4ccccc4c3C)ncn2)sc1CC(=O)O. The van der Waals surface area contributed by atoms with Gasteiger partial charge in [-0.3, -0.25) is 4.79 Å². The van der Waals surface area contributed by atoms with Gasteiger partial charge in [0.2, 0.25) is 0 Å². The Morgan fingerprint density at radius 2 is 2.00 bits per heavy atom. The Balaban J connectivity index is 1.47. The number of benzene rings is 2. The predicted molar refractivity (Wildman–Crippen MR) is 129 cm³/mol. The van der Waals surface area contributed by atoms with Crippen LogP contribution in [0.1, 0.15) is 22.9 Å². The molecule has 2 heterocycles. The Morgan fingerprint density at radius 1 is 1.16 bits per heavy atom. The first-order valence-corrected chi connectivity index (χ1v) is 11.4. The van der Waals surface area contributed by atoms with Gasteiger partial charge in [0.15, 0.2) is 0 Å². The highest BCUT2D eigenvalue weighted by atomic mass is 32.1. The van der Waals surface area contributed by atoms with Crippen molar-refractivity contribution in [1.29, 1.82) is 0 Å². The van der Waals surface area contributed by atoms with E-state index < -0.39 is 5.97 Å². The first kappa shape index (κ1) is 21.8. The van der Waals surface area contributed by atoms with Crippen LogP contribution in [0, 0.1) is 6.92 Å². The van der Waals surface area contributed by atoms with E-state index in [1.165, 1.54) is 39.6 Å². The molecule has 0 unspecified atom stereocenters. The van der Waals surface area contributed by atoms with Crippen LogP contribution >= 0.6 is 11.3 Å². The molecule has 0 radical (unpaired) electrons. The fraction of sp³-hybridized carbons (Fsp3) is 0.240. The van der Waals surface area contributed by atoms with Crippen LogP contribution in [0.2, 0.25) is 0 Å². The summed E-state index contributed by atoms with van der Waals surface area (Å²) in [7, 11) is 0. The molecule has 32 heavy (non-hydrogen) atoms. The maximum absolute atomic E-state index is 11.2. The summed E-state index contributed by atoms with van der Waals surface area (Å²) in [5, 5.41) is 15.1. The van der Waals surface area contributed by atoms with E-state index in [9.17, 15) is 4.79 Å². The lowest BCUT2D eigenvalue weighted by Gasteiger charge is -2.11. The van der Waals surface area contributed by atoms with Crippen LogP contribution in [-0.4, -0.2) is 34.2 Å². The highest BCUT2D eigenvalue weighted by Crippen LogP contribution is 2.36. The van der Waals surface area contributed by atoms with Crippen LogP contribution < -0.4 is 10.1 Å². The van der Waals surface area contributed by atoms with E-state index in [0.29, 0.717) is 17.2 Å². The molecular weight excluding hydrogens is 422 g/mol. The summed E-state index contributed by atoms with van der Waals surface area (Å²) in [6.45, 7) is 5.27. The zero-order chi connectivity index (χ0) is 22.5. The Bertz CT molecular complexity index is 1250. The second-order valence-corrected chi connectivity index (χ2v) is 8.57. The van der Waals surface area contributed by atoms with Gasteiger partial charge in [0.05, 0.1) is 28.5 Å². The van der Waals surface area contributed by atoms with Crippen LogP contribution in [0.5, 0.6) is 5.75 Å². The number of nitrogens with one attached hydrogen (secondary N) is 1. The first-order chi connectivity index (χ1) is 15.5. The van der Waals surface area contributed by atoms with Crippen molar-refractivity contribution in [3.63, 3.8) is 0 Å². The quantitative estimate of drug-likeness (QED) is 0.360. The van der Waals surface area contributed by atoms with E-state index >= 15 is 0 Å². The van der Waals surface area contributed by atoms with Crippen LogP contribution in [0.3, 0.4) is 0 Å². The summed E-state index contributed by atoms with van der Waals surface area (Å²) < 4.78 is 5.61. The van der Waals surface area contributed by atoms with Gasteiger partial charge in [-0.1, -0.05) is 36.4 Å². The van der Waals surface area contributed by atoms with Gasteiger partial charge in [0.1, 0.15) is 17.9 Å². The molecule has 7 heteroatoms. The summed E-state index contributed by atoms with van der Waals surface area (Å²) in [5.74, 6) is 0.461. The zero-order valence-electron chi connectivity index (χ0n) is 18.1. The molecule has 0 fully saturated rings. The van der Waals surface area contributed by atoms with Crippen molar-refractivity contribution in [2.24, 2.45) is 0 Å². The van der Waals surface area contributed by atoms with Gasteiger partial charge < -0.3 is 15.2 Å². The maximum Gasteiger partial charge on any atom is 0.308 e. The Morgan fingerprint density at radius 3 is 2.81 bits per heavy atom. The highest BCUT2D eigenvalue weighted by Gasteiger charge is 2.15. The monoisotopic (exact) mass is 447 g/mol. The number of aliphatic carboxylic acids is 1. The maximum atomic E-state index is 11.2. The number of aryl methyl sites for hydroxylation is 1. The van der Waals surface area contributed by atoms with Crippen molar-refractivity contribution in [2.75, 3.05) is 18.5 Å². The molecule has 0 bridgehead atoms. The van der Waals surface area contributed by atoms with Crippen molar-refractivity contribution in [3.05, 3.63) is 70.9 Å². The number of aromatic nitrogens is 2. The predicted octanol–water partition coefficient (Wildman–Crippen LogP) is 5.35. The van der Waals surface area contributed by atoms with Crippen LogP contribution in [-0.2, 0) is 17.6 Å². The van der Waals surface area contributed by atoms with Gasteiger partial charge in [-0.15, -0.1) is 11.3 Å². The van der Waals surface area contributed by atoms with Crippen molar-refractivity contribution in [3.8, 4) is 16.3 Å². The number of hydrogen-bond donors (Lipinski definition) is 2. The molecule has 2 aromatic carbocycles. The van der Waals surface area contributed by atoms with E-state index in [1.807, 2.05) is 19.1 Å². The number of nitrogens with zero attached hydrogens (tertiary/aromatic N) is 2. The molecule has 0 saturated heterocycles.